The zero-order chi connectivity index (χ0) is 12.7. The first kappa shape index (κ1) is 14.6. The fourth-order valence-electron chi connectivity index (χ4n) is 1.56. The third-order valence-corrected chi connectivity index (χ3v) is 4.22. The van der Waals surface area contributed by atoms with Gasteiger partial charge in [0.15, 0.2) is 0 Å². The number of hydroxylamine groups is 2. The monoisotopic (exact) mass is 265 g/mol. The largest absolute Gasteiger partial charge is 0.340 e. The van der Waals surface area contributed by atoms with E-state index < -0.39 is 7.60 Å². The molecule has 1 aliphatic rings. The summed E-state index contributed by atoms with van der Waals surface area (Å²) >= 11 is 0. The van der Waals surface area contributed by atoms with E-state index in [-0.39, 0.29) is 25.3 Å². The van der Waals surface area contributed by atoms with Crippen LogP contribution in [0.5, 0.6) is 0 Å². The molecule has 1 fully saturated rings. The van der Waals surface area contributed by atoms with Crippen LogP contribution in [0.25, 0.3) is 0 Å². The van der Waals surface area contributed by atoms with Gasteiger partial charge in [0.05, 0.1) is 19.8 Å². The SMILES string of the molecule is CCOP(=O)(CC(=O)N1CCCCO1)OCC. The van der Waals surface area contributed by atoms with Crippen LogP contribution in [-0.2, 0) is 23.2 Å². The van der Waals surface area contributed by atoms with Gasteiger partial charge in [-0.05, 0) is 26.7 Å². The van der Waals surface area contributed by atoms with E-state index in [9.17, 15) is 9.36 Å². The molecule has 1 saturated heterocycles. The summed E-state index contributed by atoms with van der Waals surface area (Å²) in [5.74, 6) is -0.338. The number of amides is 1. The van der Waals surface area contributed by atoms with Crippen LogP contribution in [0.3, 0.4) is 0 Å². The molecular formula is C10H20NO5P. The summed E-state index contributed by atoms with van der Waals surface area (Å²) in [6, 6.07) is 0. The van der Waals surface area contributed by atoms with E-state index in [1.165, 1.54) is 5.06 Å². The fourth-order valence-corrected chi connectivity index (χ4v) is 3.09. The van der Waals surface area contributed by atoms with E-state index in [4.69, 9.17) is 13.9 Å². The summed E-state index contributed by atoms with van der Waals surface area (Å²) in [7, 11) is -3.31. The first-order valence-corrected chi connectivity index (χ1v) is 7.65. The molecule has 1 aliphatic heterocycles. The molecule has 0 aromatic rings. The molecule has 100 valence electrons. The van der Waals surface area contributed by atoms with E-state index in [2.05, 4.69) is 0 Å². The van der Waals surface area contributed by atoms with Crippen LogP contribution < -0.4 is 0 Å². The van der Waals surface area contributed by atoms with Crippen molar-refractivity contribution in [1.29, 1.82) is 0 Å². The number of hydrogen-bond donors (Lipinski definition) is 0. The summed E-state index contributed by atoms with van der Waals surface area (Å²) < 4.78 is 22.2. The van der Waals surface area contributed by atoms with Gasteiger partial charge in [0.2, 0.25) is 0 Å². The number of carbonyl (C=O) groups excluding carboxylic acids is 1. The van der Waals surface area contributed by atoms with Gasteiger partial charge in [-0.25, -0.2) is 5.06 Å². The van der Waals surface area contributed by atoms with Crippen LogP contribution in [0.4, 0.5) is 0 Å². The maximum atomic E-state index is 12.1. The van der Waals surface area contributed by atoms with Crippen LogP contribution in [0.2, 0.25) is 0 Å². The molecule has 0 N–H and O–H groups in total. The summed E-state index contributed by atoms with van der Waals surface area (Å²) in [6.45, 7) is 5.01. The van der Waals surface area contributed by atoms with Crippen molar-refractivity contribution in [3.8, 4) is 0 Å². The molecule has 6 nitrogen and oxygen atoms in total. The van der Waals surface area contributed by atoms with Crippen LogP contribution in [0.15, 0.2) is 0 Å². The van der Waals surface area contributed by atoms with Gasteiger partial charge in [-0.2, -0.15) is 0 Å². The Morgan fingerprint density at radius 2 is 1.94 bits per heavy atom. The molecule has 0 aromatic heterocycles. The van der Waals surface area contributed by atoms with Crippen molar-refractivity contribution in [2.75, 3.05) is 32.5 Å². The Morgan fingerprint density at radius 1 is 1.29 bits per heavy atom. The zero-order valence-corrected chi connectivity index (χ0v) is 11.3. The summed E-state index contributed by atoms with van der Waals surface area (Å²) in [6.07, 6.45) is 1.59. The Balaban J connectivity index is 2.53. The van der Waals surface area contributed by atoms with Crippen molar-refractivity contribution < 1.29 is 23.2 Å². The van der Waals surface area contributed by atoms with Crippen LogP contribution in [0.1, 0.15) is 26.7 Å². The van der Waals surface area contributed by atoms with Crippen LogP contribution >= 0.6 is 7.60 Å². The normalized spacial score (nSPS) is 17.2. The van der Waals surface area contributed by atoms with Gasteiger partial charge in [-0.3, -0.25) is 14.2 Å². The fraction of sp³-hybridized carbons (Fsp3) is 0.900. The average molecular weight is 265 g/mol. The maximum absolute atomic E-state index is 12.1. The first-order chi connectivity index (χ1) is 8.11. The lowest BCUT2D eigenvalue weighted by atomic mass is 10.3. The molecule has 7 heteroatoms. The van der Waals surface area contributed by atoms with Gasteiger partial charge in [-0.15, -0.1) is 0 Å². The quantitative estimate of drug-likeness (QED) is 0.685. The molecule has 0 unspecified atom stereocenters. The second-order valence-corrected chi connectivity index (χ2v) is 5.70. The number of hydrogen-bond acceptors (Lipinski definition) is 5. The predicted molar refractivity (Wildman–Crippen MR) is 62.6 cm³/mol. The third-order valence-electron chi connectivity index (χ3n) is 2.26. The molecule has 1 heterocycles. The zero-order valence-electron chi connectivity index (χ0n) is 10.4. The van der Waals surface area contributed by atoms with E-state index in [0.717, 1.165) is 12.8 Å². The van der Waals surface area contributed by atoms with E-state index in [1.54, 1.807) is 13.8 Å². The Labute approximate surface area is 102 Å². The van der Waals surface area contributed by atoms with Crippen molar-refractivity contribution in [3.63, 3.8) is 0 Å². The molecule has 0 saturated carbocycles. The van der Waals surface area contributed by atoms with Gasteiger partial charge in [0, 0.05) is 6.54 Å². The summed E-state index contributed by atoms with van der Waals surface area (Å²) in [5.41, 5.74) is 0. The summed E-state index contributed by atoms with van der Waals surface area (Å²) in [5, 5.41) is 1.26. The molecule has 17 heavy (non-hydrogen) atoms. The van der Waals surface area contributed by atoms with E-state index >= 15 is 0 Å². The van der Waals surface area contributed by atoms with Crippen molar-refractivity contribution in [1.82, 2.24) is 5.06 Å². The van der Waals surface area contributed by atoms with Crippen LogP contribution in [-0.4, -0.2) is 43.5 Å². The average Bonchev–Trinajstić information content (AvgIpc) is 2.30. The second kappa shape index (κ2) is 7.11. The number of carbonyl (C=O) groups is 1. The molecule has 0 spiro atoms. The molecule has 0 bridgehead atoms. The minimum absolute atomic E-state index is 0.255. The molecule has 1 amide bonds. The lowest BCUT2D eigenvalue weighted by Gasteiger charge is -2.27. The molecule has 0 aliphatic carbocycles. The standard InChI is InChI=1S/C10H20NO5P/c1-3-15-17(13,16-4-2)9-10(12)11-7-5-6-8-14-11/h3-9H2,1-2H3. The lowest BCUT2D eigenvalue weighted by Crippen LogP contribution is -2.37. The van der Waals surface area contributed by atoms with Crippen molar-refractivity contribution in [3.05, 3.63) is 0 Å². The van der Waals surface area contributed by atoms with Gasteiger partial charge in [0.25, 0.3) is 5.91 Å². The van der Waals surface area contributed by atoms with Crippen molar-refractivity contribution >= 4 is 13.5 Å². The van der Waals surface area contributed by atoms with Crippen LogP contribution in [0, 0.1) is 0 Å². The highest BCUT2D eigenvalue weighted by Crippen LogP contribution is 2.48. The predicted octanol–water partition coefficient (Wildman–Crippen LogP) is 1.81. The van der Waals surface area contributed by atoms with Crippen molar-refractivity contribution in [2.45, 2.75) is 26.7 Å². The lowest BCUT2D eigenvalue weighted by molar-refractivity contribution is -0.194. The Hall–Kier alpha value is -0.420. The first-order valence-electron chi connectivity index (χ1n) is 5.92. The van der Waals surface area contributed by atoms with E-state index in [0.29, 0.717) is 13.2 Å². The van der Waals surface area contributed by atoms with E-state index in [1.807, 2.05) is 0 Å². The maximum Gasteiger partial charge on any atom is 0.340 e. The summed E-state index contributed by atoms with van der Waals surface area (Å²) in [4.78, 5) is 17.0. The van der Waals surface area contributed by atoms with Gasteiger partial charge < -0.3 is 9.05 Å². The Kier molecular flexibility index (Phi) is 6.12. The Bertz CT molecular complexity index is 280. The van der Waals surface area contributed by atoms with Crippen molar-refractivity contribution in [2.24, 2.45) is 0 Å². The molecular weight excluding hydrogens is 245 g/mol. The molecule has 0 aromatic carbocycles. The topological polar surface area (TPSA) is 65.1 Å². The number of nitrogens with zero attached hydrogens (tertiary/aromatic N) is 1. The molecule has 0 atom stereocenters. The highest BCUT2D eigenvalue weighted by Gasteiger charge is 2.31. The van der Waals surface area contributed by atoms with Gasteiger partial charge in [0.1, 0.15) is 6.16 Å². The highest BCUT2D eigenvalue weighted by atomic mass is 31.2. The smallest absolute Gasteiger partial charge is 0.309 e. The van der Waals surface area contributed by atoms with Gasteiger partial charge in [-0.1, -0.05) is 0 Å². The third kappa shape index (κ3) is 4.76. The minimum atomic E-state index is -3.31. The Morgan fingerprint density at radius 3 is 2.41 bits per heavy atom. The minimum Gasteiger partial charge on any atom is -0.309 e. The number of rotatable bonds is 6. The van der Waals surface area contributed by atoms with Gasteiger partial charge >= 0.3 is 7.60 Å². The molecule has 0 radical (unpaired) electrons. The highest BCUT2D eigenvalue weighted by molar-refractivity contribution is 7.54. The second-order valence-electron chi connectivity index (χ2n) is 3.64. The molecule has 1 rings (SSSR count).